The van der Waals surface area contributed by atoms with E-state index in [-0.39, 0.29) is 17.9 Å². The molecule has 2 saturated carbocycles. The van der Waals surface area contributed by atoms with Crippen LogP contribution in [-0.4, -0.2) is 35.1 Å². The molecule has 0 bridgehead atoms. The smallest absolute Gasteiger partial charge is 0.118 e. The van der Waals surface area contributed by atoms with Gasteiger partial charge in [-0.15, -0.1) is 0 Å². The van der Waals surface area contributed by atoms with Gasteiger partial charge in [-0.2, -0.15) is 5.10 Å². The molecule has 5 nitrogen and oxygen atoms in total. The second-order valence-electron chi connectivity index (χ2n) is 12.0. The molecule has 5 rings (SSSR count). The minimum Gasteiger partial charge on any atom is -0.497 e. The summed E-state index contributed by atoms with van der Waals surface area (Å²) in [4.78, 5) is 0. The maximum Gasteiger partial charge on any atom is 0.118 e. The van der Waals surface area contributed by atoms with Gasteiger partial charge in [0.2, 0.25) is 0 Å². The van der Waals surface area contributed by atoms with Crippen molar-refractivity contribution in [2.45, 2.75) is 65.8 Å². The van der Waals surface area contributed by atoms with E-state index in [4.69, 9.17) is 15.6 Å². The molecular formula is C29H43N3O2. The monoisotopic (exact) mass is 465 g/mol. The Morgan fingerprint density at radius 1 is 1.12 bits per heavy atom. The van der Waals surface area contributed by atoms with Gasteiger partial charge in [-0.1, -0.05) is 32.9 Å². The van der Waals surface area contributed by atoms with Crippen LogP contribution in [0.15, 0.2) is 30.5 Å². The van der Waals surface area contributed by atoms with Gasteiger partial charge in [0.1, 0.15) is 5.75 Å². The molecule has 0 radical (unpaired) electrons. The van der Waals surface area contributed by atoms with Gasteiger partial charge in [-0.25, -0.2) is 0 Å². The molecule has 2 aromatic rings. The van der Waals surface area contributed by atoms with Crippen molar-refractivity contribution in [1.29, 1.82) is 0 Å². The molecule has 3 N–H and O–H groups in total. The Balaban J connectivity index is 1.40. The zero-order chi connectivity index (χ0) is 24.1. The highest BCUT2D eigenvalue weighted by molar-refractivity contribution is 5.29. The Bertz CT molecular complexity index is 1000. The summed E-state index contributed by atoms with van der Waals surface area (Å²) in [6.45, 7) is 9.19. The molecule has 34 heavy (non-hydrogen) atoms. The van der Waals surface area contributed by atoms with Crippen LogP contribution in [0.1, 0.15) is 63.3 Å². The first-order valence-electron chi connectivity index (χ1n) is 13.3. The minimum absolute atomic E-state index is 0.0624. The summed E-state index contributed by atoms with van der Waals surface area (Å²) in [5.41, 5.74) is 10.8. The maximum absolute atomic E-state index is 10.5. The fraction of sp³-hybridized carbons (Fsp3) is 0.690. The van der Waals surface area contributed by atoms with Gasteiger partial charge in [0.05, 0.1) is 19.3 Å². The Morgan fingerprint density at radius 3 is 2.53 bits per heavy atom. The third-order valence-corrected chi connectivity index (χ3v) is 10.6. The van der Waals surface area contributed by atoms with Gasteiger partial charge in [-0.3, -0.25) is 4.68 Å². The molecule has 0 amide bonds. The van der Waals surface area contributed by atoms with Crippen LogP contribution in [0.4, 0.5) is 0 Å². The summed E-state index contributed by atoms with van der Waals surface area (Å²) in [6.07, 6.45) is 9.32. The lowest BCUT2D eigenvalue weighted by Crippen LogP contribution is -2.53. The van der Waals surface area contributed by atoms with Crippen molar-refractivity contribution in [3.8, 4) is 5.75 Å². The first kappa shape index (κ1) is 23.9. The first-order valence-corrected chi connectivity index (χ1v) is 13.3. The van der Waals surface area contributed by atoms with Crippen LogP contribution < -0.4 is 10.5 Å². The highest BCUT2D eigenvalue weighted by Crippen LogP contribution is 2.63. The number of aliphatic hydroxyl groups is 1. The fourth-order valence-corrected chi connectivity index (χ4v) is 8.25. The molecule has 3 aliphatic rings. The number of methoxy groups -OCH3 is 1. The molecule has 7 atom stereocenters. The van der Waals surface area contributed by atoms with Crippen molar-refractivity contribution in [1.82, 2.24) is 9.78 Å². The number of benzene rings is 1. The number of aromatic nitrogens is 2. The number of aliphatic hydroxyl groups excluding tert-OH is 1. The fourth-order valence-electron chi connectivity index (χ4n) is 8.25. The Kier molecular flexibility index (Phi) is 6.31. The van der Waals surface area contributed by atoms with E-state index < -0.39 is 0 Å². The Hall–Kier alpha value is -1.85. The summed E-state index contributed by atoms with van der Waals surface area (Å²) in [7, 11) is 1.69. The van der Waals surface area contributed by atoms with Crippen molar-refractivity contribution in [3.63, 3.8) is 0 Å². The van der Waals surface area contributed by atoms with Gasteiger partial charge < -0.3 is 15.6 Å². The molecule has 5 heteroatoms. The molecule has 3 aliphatic carbocycles. The SMILES string of the molecule is COc1ccc(Cn2cc3c(n2)C[C@H](CO)[C@@](C)([C@H]2CC[C@]4(C)[C@@H](C)CC[C@H]4[C@@H]2CN)C3)cc1. The number of hydrogen-bond acceptors (Lipinski definition) is 4. The normalized spacial score (nSPS) is 37.3. The number of ether oxygens (including phenoxy) is 1. The van der Waals surface area contributed by atoms with Gasteiger partial charge in [0.15, 0.2) is 0 Å². The van der Waals surface area contributed by atoms with Crippen molar-refractivity contribution >= 4 is 0 Å². The average Bonchev–Trinajstić information content (AvgIpc) is 3.36. The van der Waals surface area contributed by atoms with E-state index in [9.17, 15) is 5.11 Å². The van der Waals surface area contributed by atoms with Crippen molar-refractivity contribution < 1.29 is 9.84 Å². The molecule has 2 fully saturated rings. The van der Waals surface area contributed by atoms with E-state index in [1.165, 1.54) is 42.5 Å². The third-order valence-electron chi connectivity index (χ3n) is 10.6. The predicted molar refractivity (Wildman–Crippen MR) is 136 cm³/mol. The lowest BCUT2D eigenvalue weighted by atomic mass is 9.49. The Morgan fingerprint density at radius 2 is 1.85 bits per heavy atom. The van der Waals surface area contributed by atoms with Crippen molar-refractivity contribution in [2.75, 3.05) is 20.3 Å². The largest absolute Gasteiger partial charge is 0.497 e. The molecule has 0 saturated heterocycles. The van der Waals surface area contributed by atoms with E-state index in [0.717, 1.165) is 43.5 Å². The average molecular weight is 466 g/mol. The maximum atomic E-state index is 10.5. The lowest BCUT2D eigenvalue weighted by Gasteiger charge is -2.56. The summed E-state index contributed by atoms with van der Waals surface area (Å²) in [5, 5.41) is 15.5. The van der Waals surface area contributed by atoms with Crippen molar-refractivity contribution in [2.24, 2.45) is 46.2 Å². The van der Waals surface area contributed by atoms with Gasteiger partial charge in [-0.05, 0) is 109 Å². The van der Waals surface area contributed by atoms with E-state index in [0.29, 0.717) is 17.3 Å². The number of fused-ring (bicyclic) bond motifs is 2. The molecule has 0 unspecified atom stereocenters. The molecule has 1 aromatic carbocycles. The first-order chi connectivity index (χ1) is 16.3. The zero-order valence-electron chi connectivity index (χ0n) is 21.5. The second kappa shape index (κ2) is 8.98. The minimum atomic E-state index is 0.0624. The quantitative estimate of drug-likeness (QED) is 0.649. The second-order valence-corrected chi connectivity index (χ2v) is 12.0. The highest BCUT2D eigenvalue weighted by atomic mass is 16.5. The van der Waals surface area contributed by atoms with Gasteiger partial charge >= 0.3 is 0 Å². The van der Waals surface area contributed by atoms with Crippen LogP contribution >= 0.6 is 0 Å². The van der Waals surface area contributed by atoms with Crippen LogP contribution in [-0.2, 0) is 19.4 Å². The van der Waals surface area contributed by atoms with Crippen LogP contribution in [0.25, 0.3) is 0 Å². The van der Waals surface area contributed by atoms with E-state index in [1.54, 1.807) is 7.11 Å². The van der Waals surface area contributed by atoms with Crippen molar-refractivity contribution in [3.05, 3.63) is 47.3 Å². The summed E-state index contributed by atoms with van der Waals surface area (Å²) >= 11 is 0. The van der Waals surface area contributed by atoms with E-state index in [2.05, 4.69) is 43.8 Å². The molecular weight excluding hydrogens is 422 g/mol. The third kappa shape index (κ3) is 3.80. The number of hydrogen-bond donors (Lipinski definition) is 2. The lowest BCUT2D eigenvalue weighted by molar-refractivity contribution is -0.0689. The van der Waals surface area contributed by atoms with E-state index >= 15 is 0 Å². The van der Waals surface area contributed by atoms with Crippen LogP contribution in [0.5, 0.6) is 5.75 Å². The van der Waals surface area contributed by atoms with Crippen LogP contribution in [0.3, 0.4) is 0 Å². The standard InChI is InChI=1S/C29H43N3O2/c1-19-5-10-25-24(15-30)26(11-12-28(19,25)2)29(3)14-21-17-32(31-27(21)13-22(29)18-33)16-20-6-8-23(34-4)9-7-20/h6-9,17,19,22,24-26,33H,5,10-16,18,30H2,1-4H3/t19-,22+,24-,25-,26-,28+,29-/m0/s1. The molecule has 1 heterocycles. The molecule has 0 spiro atoms. The molecule has 1 aromatic heterocycles. The zero-order valence-corrected chi connectivity index (χ0v) is 21.5. The molecule has 186 valence electrons. The highest BCUT2D eigenvalue weighted by Gasteiger charge is 2.57. The molecule has 0 aliphatic heterocycles. The summed E-state index contributed by atoms with van der Waals surface area (Å²) in [6, 6.07) is 8.22. The number of nitrogens with two attached hydrogens (primary N) is 1. The predicted octanol–water partition coefficient (Wildman–Crippen LogP) is 4.69. The number of nitrogens with zero attached hydrogens (tertiary/aromatic N) is 2. The van der Waals surface area contributed by atoms with Gasteiger partial charge in [0.25, 0.3) is 0 Å². The van der Waals surface area contributed by atoms with E-state index in [1.807, 2.05) is 12.1 Å². The Labute approximate surface area is 205 Å². The van der Waals surface area contributed by atoms with Gasteiger partial charge in [0, 0.05) is 12.8 Å². The van der Waals surface area contributed by atoms with Crippen LogP contribution in [0, 0.1) is 40.4 Å². The summed E-state index contributed by atoms with van der Waals surface area (Å²) < 4.78 is 7.38. The summed E-state index contributed by atoms with van der Waals surface area (Å²) in [5.74, 6) is 3.76. The number of rotatable bonds is 6. The van der Waals surface area contributed by atoms with Crippen LogP contribution in [0.2, 0.25) is 0 Å². The topological polar surface area (TPSA) is 73.3 Å².